The molecule has 0 radical (unpaired) electrons. The van der Waals surface area contributed by atoms with E-state index in [0.29, 0.717) is 23.7 Å². The highest BCUT2D eigenvalue weighted by atomic mass is 35.5. The predicted molar refractivity (Wildman–Crippen MR) is 104 cm³/mol. The first-order chi connectivity index (χ1) is 12.5. The van der Waals surface area contributed by atoms with Crippen molar-refractivity contribution in [1.29, 1.82) is 0 Å². The van der Waals surface area contributed by atoms with Gasteiger partial charge in [-0.3, -0.25) is 9.59 Å². The van der Waals surface area contributed by atoms with Crippen LogP contribution in [-0.4, -0.2) is 34.0 Å². The largest absolute Gasteiger partial charge is 0.334 e. The van der Waals surface area contributed by atoms with Gasteiger partial charge in [-0.1, -0.05) is 29.8 Å². The summed E-state index contributed by atoms with van der Waals surface area (Å²) in [6.45, 7) is 2.97. The van der Waals surface area contributed by atoms with Crippen molar-refractivity contribution in [3.8, 4) is 0 Å². The summed E-state index contributed by atoms with van der Waals surface area (Å²) < 4.78 is 1.53. The standard InChI is InChI=1S/C20H24ClN3O2/c1-14(22)18-8-4-5-11-24(18)20(26)16-9-10-19(25)23(13-16)12-15-6-2-3-7-17(15)21/h2-3,6-7,9-10,13-14,18H,4-5,8,11-12,22H2,1H3. The van der Waals surface area contributed by atoms with Crippen molar-refractivity contribution in [3.63, 3.8) is 0 Å². The number of nitrogens with zero attached hydrogens (tertiary/aromatic N) is 2. The summed E-state index contributed by atoms with van der Waals surface area (Å²) in [5.41, 5.74) is 7.26. The Morgan fingerprint density at radius 1 is 1.27 bits per heavy atom. The summed E-state index contributed by atoms with van der Waals surface area (Å²) in [6.07, 6.45) is 4.61. The third-order valence-electron chi connectivity index (χ3n) is 4.95. The minimum Gasteiger partial charge on any atom is -0.334 e. The molecule has 1 saturated heterocycles. The number of nitrogens with two attached hydrogens (primary N) is 1. The molecule has 2 N–H and O–H groups in total. The fourth-order valence-electron chi connectivity index (χ4n) is 3.51. The van der Waals surface area contributed by atoms with E-state index in [9.17, 15) is 9.59 Å². The molecular weight excluding hydrogens is 350 g/mol. The molecule has 0 aliphatic carbocycles. The number of rotatable bonds is 4. The SMILES string of the molecule is CC(N)C1CCCCN1C(=O)c1ccc(=O)n(Cc2ccccc2Cl)c1. The van der Waals surface area contributed by atoms with Gasteiger partial charge in [-0.2, -0.15) is 0 Å². The topological polar surface area (TPSA) is 68.3 Å². The van der Waals surface area contributed by atoms with Crippen LogP contribution in [0, 0.1) is 0 Å². The lowest BCUT2D eigenvalue weighted by Crippen LogP contribution is -2.51. The summed E-state index contributed by atoms with van der Waals surface area (Å²) >= 11 is 6.20. The summed E-state index contributed by atoms with van der Waals surface area (Å²) in [4.78, 5) is 27.1. The maximum Gasteiger partial charge on any atom is 0.255 e. The van der Waals surface area contributed by atoms with E-state index in [1.54, 1.807) is 18.3 Å². The van der Waals surface area contributed by atoms with Crippen molar-refractivity contribution >= 4 is 17.5 Å². The van der Waals surface area contributed by atoms with Gasteiger partial charge in [0.2, 0.25) is 0 Å². The Bertz CT molecular complexity index is 847. The first kappa shape index (κ1) is 18.7. The molecule has 6 heteroatoms. The number of carbonyl (C=O) groups excluding carboxylic acids is 1. The van der Waals surface area contributed by atoms with E-state index in [-0.39, 0.29) is 23.6 Å². The normalized spacial score (nSPS) is 18.6. The molecule has 2 unspecified atom stereocenters. The first-order valence-corrected chi connectivity index (χ1v) is 9.35. The minimum absolute atomic E-state index is 0.0418. The van der Waals surface area contributed by atoms with Crippen LogP contribution in [0.25, 0.3) is 0 Å². The number of benzene rings is 1. The molecule has 1 aliphatic rings. The molecule has 0 saturated carbocycles. The number of amides is 1. The van der Waals surface area contributed by atoms with Crippen LogP contribution in [0.5, 0.6) is 0 Å². The van der Waals surface area contributed by atoms with Crippen LogP contribution in [0.2, 0.25) is 5.02 Å². The third-order valence-corrected chi connectivity index (χ3v) is 5.31. The van der Waals surface area contributed by atoms with Gasteiger partial charge < -0.3 is 15.2 Å². The average Bonchev–Trinajstić information content (AvgIpc) is 2.64. The monoisotopic (exact) mass is 373 g/mol. The number of halogens is 1. The van der Waals surface area contributed by atoms with Crippen molar-refractivity contribution in [3.05, 3.63) is 69.1 Å². The minimum atomic E-state index is -0.163. The van der Waals surface area contributed by atoms with Gasteiger partial charge in [-0.15, -0.1) is 0 Å². The van der Waals surface area contributed by atoms with E-state index < -0.39 is 0 Å². The van der Waals surface area contributed by atoms with Gasteiger partial charge in [0.15, 0.2) is 0 Å². The molecule has 0 spiro atoms. The van der Waals surface area contributed by atoms with Crippen LogP contribution >= 0.6 is 11.6 Å². The molecule has 26 heavy (non-hydrogen) atoms. The van der Waals surface area contributed by atoms with Crippen LogP contribution < -0.4 is 11.3 Å². The van der Waals surface area contributed by atoms with Gasteiger partial charge in [-0.05, 0) is 43.9 Å². The van der Waals surface area contributed by atoms with Crippen LogP contribution in [0.1, 0.15) is 42.1 Å². The lowest BCUT2D eigenvalue weighted by Gasteiger charge is -2.38. The Kier molecular flexibility index (Phi) is 5.79. The molecule has 2 atom stereocenters. The summed E-state index contributed by atoms with van der Waals surface area (Å²) in [6, 6.07) is 10.4. The molecule has 1 aromatic carbocycles. The summed E-state index contributed by atoms with van der Waals surface area (Å²) in [7, 11) is 0. The maximum atomic E-state index is 13.0. The third kappa shape index (κ3) is 4.00. The van der Waals surface area contributed by atoms with Gasteiger partial charge in [-0.25, -0.2) is 0 Å². The quantitative estimate of drug-likeness (QED) is 0.895. The van der Waals surface area contributed by atoms with E-state index in [0.717, 1.165) is 24.8 Å². The zero-order chi connectivity index (χ0) is 18.7. The molecule has 1 aromatic heterocycles. The predicted octanol–water partition coefficient (Wildman–Crippen LogP) is 2.89. The molecule has 1 aliphatic heterocycles. The second kappa shape index (κ2) is 8.06. The van der Waals surface area contributed by atoms with Gasteiger partial charge in [0.05, 0.1) is 12.1 Å². The lowest BCUT2D eigenvalue weighted by molar-refractivity contribution is 0.0583. The Balaban J connectivity index is 1.88. The average molecular weight is 374 g/mol. The molecule has 138 valence electrons. The maximum absolute atomic E-state index is 13.0. The van der Waals surface area contributed by atoms with Crippen molar-refractivity contribution in [1.82, 2.24) is 9.47 Å². The van der Waals surface area contributed by atoms with Crippen LogP contribution in [0.3, 0.4) is 0 Å². The van der Waals surface area contributed by atoms with E-state index in [4.69, 9.17) is 17.3 Å². The number of aromatic nitrogens is 1. The van der Waals surface area contributed by atoms with Gasteiger partial charge in [0.1, 0.15) is 0 Å². The molecule has 2 aromatic rings. The van der Waals surface area contributed by atoms with Gasteiger partial charge in [0, 0.05) is 35.9 Å². The number of hydrogen-bond acceptors (Lipinski definition) is 3. The van der Waals surface area contributed by atoms with E-state index in [2.05, 4.69) is 0 Å². The molecular formula is C20H24ClN3O2. The van der Waals surface area contributed by atoms with Crippen molar-refractivity contribution in [2.45, 2.75) is 44.8 Å². The van der Waals surface area contributed by atoms with Crippen LogP contribution in [0.4, 0.5) is 0 Å². The number of piperidine rings is 1. The highest BCUT2D eigenvalue weighted by Gasteiger charge is 2.30. The molecule has 5 nitrogen and oxygen atoms in total. The van der Waals surface area contributed by atoms with E-state index >= 15 is 0 Å². The van der Waals surface area contributed by atoms with Crippen molar-refractivity contribution in [2.24, 2.45) is 5.73 Å². The van der Waals surface area contributed by atoms with E-state index in [1.807, 2.05) is 30.0 Å². The highest BCUT2D eigenvalue weighted by molar-refractivity contribution is 6.31. The Labute approximate surface area is 158 Å². The number of pyridine rings is 1. The summed E-state index contributed by atoms with van der Waals surface area (Å²) in [5.74, 6) is -0.0695. The first-order valence-electron chi connectivity index (χ1n) is 8.98. The fourth-order valence-corrected chi connectivity index (χ4v) is 3.71. The molecule has 1 fully saturated rings. The Morgan fingerprint density at radius 2 is 2.04 bits per heavy atom. The second-order valence-corrected chi connectivity index (χ2v) is 7.30. The number of hydrogen-bond donors (Lipinski definition) is 1. The summed E-state index contributed by atoms with van der Waals surface area (Å²) in [5, 5.41) is 0.601. The second-order valence-electron chi connectivity index (χ2n) is 6.90. The highest BCUT2D eigenvalue weighted by Crippen LogP contribution is 2.21. The Morgan fingerprint density at radius 3 is 2.77 bits per heavy atom. The molecule has 1 amide bonds. The van der Waals surface area contributed by atoms with Crippen molar-refractivity contribution in [2.75, 3.05) is 6.54 Å². The van der Waals surface area contributed by atoms with Crippen LogP contribution in [-0.2, 0) is 6.54 Å². The molecule has 3 rings (SSSR count). The zero-order valence-corrected chi connectivity index (χ0v) is 15.7. The van der Waals surface area contributed by atoms with Gasteiger partial charge >= 0.3 is 0 Å². The van der Waals surface area contributed by atoms with Crippen LogP contribution in [0.15, 0.2) is 47.4 Å². The molecule has 0 bridgehead atoms. The van der Waals surface area contributed by atoms with E-state index in [1.165, 1.54) is 10.6 Å². The van der Waals surface area contributed by atoms with Crippen molar-refractivity contribution < 1.29 is 4.79 Å². The lowest BCUT2D eigenvalue weighted by atomic mass is 9.96. The Hall–Kier alpha value is -2.11. The number of carbonyl (C=O) groups is 1. The number of likely N-dealkylation sites (tertiary alicyclic amines) is 1. The molecule has 2 heterocycles. The fraction of sp³-hybridized carbons (Fsp3) is 0.400. The zero-order valence-electron chi connectivity index (χ0n) is 14.9. The van der Waals surface area contributed by atoms with Gasteiger partial charge in [0.25, 0.3) is 11.5 Å². The smallest absolute Gasteiger partial charge is 0.255 e.